The molecule has 0 atom stereocenters. The molecular formula is C29H50N4O4S. The number of carbonyl (C=O) groups excluding carboxylic acids is 1. The zero-order valence-electron chi connectivity index (χ0n) is 24.5. The number of piperidine rings is 1. The SMILES string of the molecule is CCN(CC)CC1CCN([C@H]2CC[C@@H](NC(=O)CCN(C)S(=O)(=O)c3c(C)cc(OC)cc3C)CC2)CC1. The minimum Gasteiger partial charge on any atom is -0.497 e. The van der Waals surface area contributed by atoms with Crippen LogP contribution in [0.5, 0.6) is 5.75 Å². The van der Waals surface area contributed by atoms with Gasteiger partial charge < -0.3 is 19.9 Å². The van der Waals surface area contributed by atoms with Gasteiger partial charge in [-0.25, -0.2) is 12.7 Å². The lowest BCUT2D eigenvalue weighted by Crippen LogP contribution is -2.47. The van der Waals surface area contributed by atoms with Crippen molar-refractivity contribution in [3.05, 3.63) is 23.3 Å². The van der Waals surface area contributed by atoms with Crippen molar-refractivity contribution in [1.29, 1.82) is 0 Å². The highest BCUT2D eigenvalue weighted by atomic mass is 32.2. The first-order chi connectivity index (χ1) is 18.1. The first-order valence-corrected chi connectivity index (χ1v) is 15.9. The number of nitrogens with one attached hydrogen (secondary N) is 1. The Balaban J connectivity index is 1.41. The van der Waals surface area contributed by atoms with Crippen LogP contribution in [0.15, 0.2) is 17.0 Å². The largest absolute Gasteiger partial charge is 0.497 e. The molecule has 1 aromatic carbocycles. The van der Waals surface area contributed by atoms with Gasteiger partial charge in [0.25, 0.3) is 0 Å². The van der Waals surface area contributed by atoms with Crippen molar-refractivity contribution in [3.8, 4) is 5.75 Å². The summed E-state index contributed by atoms with van der Waals surface area (Å²) in [5.41, 5.74) is 1.28. The maximum atomic E-state index is 13.2. The third kappa shape index (κ3) is 7.93. The number of amides is 1. The van der Waals surface area contributed by atoms with E-state index in [0.717, 1.165) is 44.7 Å². The van der Waals surface area contributed by atoms with Gasteiger partial charge in [0.2, 0.25) is 15.9 Å². The van der Waals surface area contributed by atoms with Crippen LogP contribution in [0.1, 0.15) is 69.9 Å². The lowest BCUT2D eigenvalue weighted by atomic mass is 9.87. The molecule has 8 nitrogen and oxygen atoms in total. The van der Waals surface area contributed by atoms with Crippen LogP contribution in [0, 0.1) is 19.8 Å². The highest BCUT2D eigenvalue weighted by Gasteiger charge is 2.30. The van der Waals surface area contributed by atoms with Gasteiger partial charge in [-0.1, -0.05) is 13.8 Å². The number of nitrogens with zero attached hydrogens (tertiary/aromatic N) is 3. The number of ether oxygens (including phenoxy) is 1. The topological polar surface area (TPSA) is 82.2 Å². The predicted molar refractivity (Wildman–Crippen MR) is 153 cm³/mol. The number of methoxy groups -OCH3 is 1. The van der Waals surface area contributed by atoms with E-state index < -0.39 is 10.0 Å². The Morgan fingerprint density at radius 3 is 2.13 bits per heavy atom. The fourth-order valence-corrected chi connectivity index (χ4v) is 7.78. The van der Waals surface area contributed by atoms with E-state index >= 15 is 0 Å². The molecule has 1 saturated carbocycles. The van der Waals surface area contributed by atoms with E-state index in [9.17, 15) is 13.2 Å². The van der Waals surface area contributed by atoms with Gasteiger partial charge in [-0.05, 0) is 108 Å². The molecule has 2 fully saturated rings. The Labute approximate surface area is 231 Å². The van der Waals surface area contributed by atoms with Gasteiger partial charge in [-0.15, -0.1) is 0 Å². The quantitative estimate of drug-likeness (QED) is 0.426. The smallest absolute Gasteiger partial charge is 0.243 e. The van der Waals surface area contributed by atoms with Gasteiger partial charge in [0.05, 0.1) is 12.0 Å². The molecule has 3 rings (SSSR count). The van der Waals surface area contributed by atoms with Crippen LogP contribution < -0.4 is 10.1 Å². The molecule has 1 amide bonds. The monoisotopic (exact) mass is 550 g/mol. The average molecular weight is 551 g/mol. The molecule has 0 aromatic heterocycles. The van der Waals surface area contributed by atoms with Crippen molar-refractivity contribution in [2.45, 2.75) is 89.6 Å². The van der Waals surface area contributed by atoms with E-state index in [0.29, 0.717) is 22.9 Å². The van der Waals surface area contributed by atoms with Crippen LogP contribution in [-0.2, 0) is 14.8 Å². The number of benzene rings is 1. The Bertz CT molecular complexity index is 988. The summed E-state index contributed by atoms with van der Waals surface area (Å²) >= 11 is 0. The molecule has 38 heavy (non-hydrogen) atoms. The fraction of sp³-hybridized carbons (Fsp3) is 0.759. The summed E-state index contributed by atoms with van der Waals surface area (Å²) < 4.78 is 33.0. The van der Waals surface area contributed by atoms with E-state index in [-0.39, 0.29) is 29.8 Å². The molecule has 9 heteroatoms. The van der Waals surface area contributed by atoms with Crippen LogP contribution in [-0.4, -0.2) is 93.9 Å². The van der Waals surface area contributed by atoms with Gasteiger partial charge in [0.1, 0.15) is 5.75 Å². The van der Waals surface area contributed by atoms with Crippen LogP contribution in [0.25, 0.3) is 0 Å². The molecule has 1 N–H and O–H groups in total. The van der Waals surface area contributed by atoms with Crippen molar-refractivity contribution >= 4 is 15.9 Å². The molecule has 1 aromatic rings. The van der Waals surface area contributed by atoms with E-state index in [1.165, 1.54) is 36.8 Å². The van der Waals surface area contributed by atoms with E-state index in [2.05, 4.69) is 29.0 Å². The second-order valence-electron chi connectivity index (χ2n) is 11.2. The number of aryl methyl sites for hydroxylation is 2. The zero-order chi connectivity index (χ0) is 27.9. The van der Waals surface area contributed by atoms with Crippen LogP contribution >= 0.6 is 0 Å². The molecule has 1 aliphatic carbocycles. The lowest BCUT2D eigenvalue weighted by Gasteiger charge is -2.41. The summed E-state index contributed by atoms with van der Waals surface area (Å²) in [7, 11) is -0.588. The van der Waals surface area contributed by atoms with Crippen LogP contribution in [0.3, 0.4) is 0 Å². The normalized spacial score (nSPS) is 21.7. The molecule has 0 unspecified atom stereocenters. The maximum absolute atomic E-state index is 13.2. The number of rotatable bonds is 12. The molecule has 1 aliphatic heterocycles. The van der Waals surface area contributed by atoms with Gasteiger partial charge in [-0.2, -0.15) is 0 Å². The molecular weight excluding hydrogens is 500 g/mol. The highest BCUT2D eigenvalue weighted by molar-refractivity contribution is 7.89. The summed E-state index contributed by atoms with van der Waals surface area (Å²) in [6, 6.07) is 4.27. The van der Waals surface area contributed by atoms with Crippen molar-refractivity contribution in [2.75, 3.05) is 53.4 Å². The van der Waals surface area contributed by atoms with E-state index in [1.807, 2.05) is 0 Å². The lowest BCUT2D eigenvalue weighted by molar-refractivity contribution is -0.122. The van der Waals surface area contributed by atoms with E-state index in [4.69, 9.17) is 4.74 Å². The molecule has 2 aliphatic rings. The minimum absolute atomic E-state index is 0.0732. The molecule has 1 heterocycles. The number of hydrogen-bond donors (Lipinski definition) is 1. The number of likely N-dealkylation sites (tertiary alicyclic amines) is 1. The minimum atomic E-state index is -3.70. The fourth-order valence-electron chi connectivity index (χ4n) is 6.20. The highest BCUT2D eigenvalue weighted by Crippen LogP contribution is 2.29. The summed E-state index contributed by atoms with van der Waals surface area (Å²) in [5, 5.41) is 3.17. The van der Waals surface area contributed by atoms with E-state index in [1.54, 1.807) is 40.1 Å². The molecule has 1 saturated heterocycles. The first-order valence-electron chi connectivity index (χ1n) is 14.5. The summed E-state index contributed by atoms with van der Waals surface area (Å²) in [6.45, 7) is 14.1. The second kappa shape index (κ2) is 14.1. The number of carbonyl (C=O) groups is 1. The Morgan fingerprint density at radius 1 is 1.03 bits per heavy atom. The van der Waals surface area contributed by atoms with Crippen LogP contribution in [0.4, 0.5) is 0 Å². The van der Waals surface area contributed by atoms with Gasteiger partial charge >= 0.3 is 0 Å². The molecule has 0 radical (unpaired) electrons. The zero-order valence-corrected chi connectivity index (χ0v) is 25.3. The molecule has 0 spiro atoms. The predicted octanol–water partition coefficient (Wildman–Crippen LogP) is 3.80. The average Bonchev–Trinajstić information content (AvgIpc) is 2.90. The first kappa shape index (κ1) is 30.9. The summed E-state index contributed by atoms with van der Waals surface area (Å²) in [4.78, 5) is 18.2. The molecule has 0 bridgehead atoms. The number of sulfonamides is 1. The maximum Gasteiger partial charge on any atom is 0.243 e. The Kier molecular flexibility index (Phi) is 11.4. The number of hydrogen-bond acceptors (Lipinski definition) is 6. The molecule has 216 valence electrons. The van der Waals surface area contributed by atoms with Gasteiger partial charge in [0, 0.05) is 38.6 Å². The van der Waals surface area contributed by atoms with Crippen LogP contribution in [0.2, 0.25) is 0 Å². The van der Waals surface area contributed by atoms with Crippen molar-refractivity contribution in [1.82, 2.24) is 19.4 Å². The third-order valence-corrected chi connectivity index (χ3v) is 10.8. The summed E-state index contributed by atoms with van der Waals surface area (Å²) in [6.07, 6.45) is 6.97. The third-order valence-electron chi connectivity index (χ3n) is 8.63. The van der Waals surface area contributed by atoms with Crippen molar-refractivity contribution in [2.24, 2.45) is 5.92 Å². The standard InChI is InChI=1S/C29H50N4O4S/c1-7-32(8-2)21-24-13-17-33(18-14-24)26-11-9-25(10-12-26)30-28(34)15-16-31(5)38(35,36)29-22(3)19-27(37-6)20-23(29)4/h19-20,24-26H,7-18,21H2,1-6H3,(H,30,34)/t25-,26+. The van der Waals surface area contributed by atoms with Gasteiger partial charge in [0.15, 0.2) is 0 Å². The van der Waals surface area contributed by atoms with Gasteiger partial charge in [-0.3, -0.25) is 4.79 Å². The summed E-state index contributed by atoms with van der Waals surface area (Å²) in [5.74, 6) is 1.38. The van der Waals surface area contributed by atoms with Crippen molar-refractivity contribution in [3.63, 3.8) is 0 Å². The second-order valence-corrected chi connectivity index (χ2v) is 13.2. The Morgan fingerprint density at radius 2 is 1.61 bits per heavy atom. The van der Waals surface area contributed by atoms with Crippen molar-refractivity contribution < 1.29 is 17.9 Å². The Hall–Kier alpha value is -1.68.